The van der Waals surface area contributed by atoms with Gasteiger partial charge in [0.05, 0.1) is 13.2 Å². The van der Waals surface area contributed by atoms with Crippen LogP contribution in [0.4, 0.5) is 0 Å². The smallest absolute Gasteiger partial charge is 0.305 e. The van der Waals surface area contributed by atoms with Gasteiger partial charge in [0, 0.05) is 24.3 Å². The number of hydrogen-bond acceptors (Lipinski definition) is 4. The number of methoxy groups -OCH3 is 1. The van der Waals surface area contributed by atoms with E-state index >= 15 is 0 Å². The van der Waals surface area contributed by atoms with Gasteiger partial charge in [0.25, 0.3) is 0 Å². The van der Waals surface area contributed by atoms with Crippen LogP contribution in [0.1, 0.15) is 98.3 Å². The number of rotatable bonds is 14. The van der Waals surface area contributed by atoms with E-state index in [1.54, 1.807) is 0 Å². The van der Waals surface area contributed by atoms with Gasteiger partial charge in [0.15, 0.2) is 14.1 Å². The fraction of sp³-hybridized carbons (Fsp3) is 0.778. The molecular formula is C27H48O4Si. The van der Waals surface area contributed by atoms with Gasteiger partial charge in [-0.1, -0.05) is 71.6 Å². The maximum atomic E-state index is 12.9. The highest BCUT2D eigenvalue weighted by molar-refractivity contribution is 6.74. The number of ether oxygens (including phenoxy) is 1. The van der Waals surface area contributed by atoms with Gasteiger partial charge in [0.2, 0.25) is 0 Å². The molecule has 0 aliphatic heterocycles. The number of Topliss-reactive ketones (excluding diaryl/α,β-unsaturated/α-hetero) is 1. The van der Waals surface area contributed by atoms with Crippen molar-refractivity contribution in [1.82, 2.24) is 0 Å². The molecule has 4 nitrogen and oxygen atoms in total. The molecule has 32 heavy (non-hydrogen) atoms. The molecule has 0 heterocycles. The minimum Gasteiger partial charge on any atom is -0.469 e. The SMILES string of the molecule is CCCCCC/C=C/C1/C(=C/CCCCCC(=O)OC)C(=O)CC1O[Si](C)(C)C(C)(C)C. The molecule has 0 bridgehead atoms. The number of esters is 1. The van der Waals surface area contributed by atoms with Crippen LogP contribution in [0.3, 0.4) is 0 Å². The van der Waals surface area contributed by atoms with Crippen LogP contribution in [0.5, 0.6) is 0 Å². The van der Waals surface area contributed by atoms with Gasteiger partial charge < -0.3 is 9.16 Å². The molecule has 0 aromatic carbocycles. The van der Waals surface area contributed by atoms with E-state index < -0.39 is 8.32 Å². The Balaban J connectivity index is 2.82. The Morgan fingerprint density at radius 2 is 1.72 bits per heavy atom. The average Bonchev–Trinajstić information content (AvgIpc) is 2.99. The third-order valence-electron chi connectivity index (χ3n) is 6.97. The first-order valence-electron chi connectivity index (χ1n) is 12.7. The van der Waals surface area contributed by atoms with Crippen molar-refractivity contribution in [2.45, 2.75) is 123 Å². The predicted molar refractivity (Wildman–Crippen MR) is 136 cm³/mol. The van der Waals surface area contributed by atoms with Gasteiger partial charge in [-0.25, -0.2) is 0 Å². The molecule has 0 aromatic heterocycles. The van der Waals surface area contributed by atoms with E-state index in [0.717, 1.165) is 37.7 Å². The predicted octanol–water partition coefficient (Wildman–Crippen LogP) is 7.54. The second-order valence-corrected chi connectivity index (χ2v) is 15.4. The van der Waals surface area contributed by atoms with Crippen molar-refractivity contribution >= 4 is 20.1 Å². The third kappa shape index (κ3) is 9.74. The lowest BCUT2D eigenvalue weighted by atomic mass is 9.97. The van der Waals surface area contributed by atoms with Gasteiger partial charge in [-0.2, -0.15) is 0 Å². The van der Waals surface area contributed by atoms with Crippen molar-refractivity contribution in [3.05, 3.63) is 23.8 Å². The first-order chi connectivity index (χ1) is 15.0. The van der Waals surface area contributed by atoms with Crippen LogP contribution in [0.25, 0.3) is 0 Å². The molecule has 1 aliphatic rings. The van der Waals surface area contributed by atoms with Crippen LogP contribution in [-0.2, 0) is 18.8 Å². The van der Waals surface area contributed by atoms with Crippen molar-refractivity contribution in [2.75, 3.05) is 7.11 Å². The van der Waals surface area contributed by atoms with Crippen molar-refractivity contribution in [2.24, 2.45) is 5.92 Å². The number of hydrogen-bond donors (Lipinski definition) is 0. The zero-order valence-electron chi connectivity index (χ0n) is 21.8. The summed E-state index contributed by atoms with van der Waals surface area (Å²) in [6.45, 7) is 13.5. The maximum absolute atomic E-state index is 12.9. The Morgan fingerprint density at radius 3 is 2.34 bits per heavy atom. The molecule has 0 saturated heterocycles. The average molecular weight is 465 g/mol. The molecule has 2 atom stereocenters. The number of carbonyl (C=O) groups excluding carboxylic acids is 2. The van der Waals surface area contributed by atoms with Gasteiger partial charge in [-0.05, 0) is 50.2 Å². The Morgan fingerprint density at radius 1 is 1.06 bits per heavy atom. The van der Waals surface area contributed by atoms with Crippen LogP contribution in [0, 0.1) is 5.92 Å². The molecular weight excluding hydrogens is 416 g/mol. The fourth-order valence-electron chi connectivity index (χ4n) is 3.84. The highest BCUT2D eigenvalue weighted by Crippen LogP contribution is 2.42. The number of allylic oxidation sites excluding steroid dienone is 2. The number of unbranched alkanes of at least 4 members (excludes halogenated alkanes) is 7. The second kappa shape index (κ2) is 14.1. The molecule has 0 spiro atoms. The van der Waals surface area contributed by atoms with E-state index in [0.29, 0.717) is 12.8 Å². The minimum atomic E-state index is -1.96. The highest BCUT2D eigenvalue weighted by atomic mass is 28.4. The molecule has 184 valence electrons. The molecule has 1 saturated carbocycles. The quantitative estimate of drug-likeness (QED) is 0.0875. The van der Waals surface area contributed by atoms with Crippen molar-refractivity contribution in [3.63, 3.8) is 0 Å². The topological polar surface area (TPSA) is 52.6 Å². The molecule has 0 amide bonds. The number of carbonyl (C=O) groups is 2. The standard InChI is InChI=1S/C27H48O4Si/c1-8-9-10-11-12-16-19-23-22(18-15-13-14-17-20-26(29)30-5)24(28)21-25(23)31-32(6,7)27(2,3)4/h16,18-19,23,25H,8-15,17,20-21H2,1-7H3/b19-16+,22-18-. The highest BCUT2D eigenvalue weighted by Gasteiger charge is 2.44. The largest absolute Gasteiger partial charge is 0.469 e. The lowest BCUT2D eigenvalue weighted by Gasteiger charge is -2.39. The van der Waals surface area contributed by atoms with Gasteiger partial charge in [-0.15, -0.1) is 0 Å². The van der Waals surface area contributed by atoms with E-state index in [9.17, 15) is 9.59 Å². The van der Waals surface area contributed by atoms with Crippen molar-refractivity contribution < 1.29 is 18.8 Å². The van der Waals surface area contributed by atoms with E-state index in [1.807, 2.05) is 0 Å². The van der Waals surface area contributed by atoms with E-state index in [2.05, 4.69) is 59.0 Å². The van der Waals surface area contributed by atoms with E-state index in [-0.39, 0.29) is 28.8 Å². The van der Waals surface area contributed by atoms with Crippen LogP contribution in [-0.4, -0.2) is 33.3 Å². The lowest BCUT2D eigenvalue weighted by Crippen LogP contribution is -2.44. The van der Waals surface area contributed by atoms with Gasteiger partial charge in [-0.3, -0.25) is 9.59 Å². The zero-order chi connectivity index (χ0) is 24.2. The molecule has 2 unspecified atom stereocenters. The molecule has 5 heteroatoms. The van der Waals surface area contributed by atoms with Crippen LogP contribution in [0.15, 0.2) is 23.8 Å². The van der Waals surface area contributed by atoms with Crippen LogP contribution >= 0.6 is 0 Å². The summed E-state index contributed by atoms with van der Waals surface area (Å²) < 4.78 is 11.4. The Hall–Kier alpha value is -1.20. The molecule has 1 rings (SSSR count). The molecule has 1 fully saturated rings. The summed E-state index contributed by atoms with van der Waals surface area (Å²) in [6, 6.07) is 0. The third-order valence-corrected chi connectivity index (χ3v) is 11.5. The van der Waals surface area contributed by atoms with Crippen molar-refractivity contribution in [1.29, 1.82) is 0 Å². The molecule has 1 aliphatic carbocycles. The monoisotopic (exact) mass is 464 g/mol. The summed E-state index contributed by atoms with van der Waals surface area (Å²) in [6.07, 6.45) is 17.3. The summed E-state index contributed by atoms with van der Waals surface area (Å²) in [5.74, 6) is 0.158. The Labute approximate surface area is 198 Å². The second-order valence-electron chi connectivity index (χ2n) is 10.7. The van der Waals surface area contributed by atoms with E-state index in [1.165, 1.54) is 32.8 Å². The maximum Gasteiger partial charge on any atom is 0.305 e. The summed E-state index contributed by atoms with van der Waals surface area (Å²) in [4.78, 5) is 24.2. The fourth-order valence-corrected chi connectivity index (χ4v) is 5.18. The lowest BCUT2D eigenvalue weighted by molar-refractivity contribution is -0.140. The Bertz CT molecular complexity index is 643. The molecule has 0 radical (unpaired) electrons. The van der Waals surface area contributed by atoms with Gasteiger partial charge >= 0.3 is 5.97 Å². The van der Waals surface area contributed by atoms with Crippen LogP contribution < -0.4 is 0 Å². The zero-order valence-corrected chi connectivity index (χ0v) is 22.8. The molecule has 0 aromatic rings. The number of ketones is 1. The first-order valence-corrected chi connectivity index (χ1v) is 15.6. The summed E-state index contributed by atoms with van der Waals surface area (Å²) in [5.41, 5.74) is 0.937. The summed E-state index contributed by atoms with van der Waals surface area (Å²) in [5, 5.41) is 0.122. The summed E-state index contributed by atoms with van der Waals surface area (Å²) >= 11 is 0. The first kappa shape index (κ1) is 28.8. The minimum absolute atomic E-state index is 0.0409. The van der Waals surface area contributed by atoms with E-state index in [4.69, 9.17) is 9.16 Å². The molecule has 0 N–H and O–H groups in total. The summed E-state index contributed by atoms with van der Waals surface area (Å²) in [7, 11) is -0.528. The Kier molecular flexibility index (Phi) is 12.7. The van der Waals surface area contributed by atoms with Gasteiger partial charge in [0.1, 0.15) is 0 Å². The van der Waals surface area contributed by atoms with Crippen molar-refractivity contribution in [3.8, 4) is 0 Å². The normalized spacial score (nSPS) is 21.1. The van der Waals surface area contributed by atoms with Crippen LogP contribution in [0.2, 0.25) is 18.1 Å².